The molecule has 1 aliphatic carbocycles. The van der Waals surface area contributed by atoms with E-state index in [0.717, 1.165) is 0 Å². The molecular formula is C13H20N2O6. The molecule has 0 radical (unpaired) electrons. The Bertz CT molecular complexity index is 450. The van der Waals surface area contributed by atoms with Crippen LogP contribution in [-0.2, 0) is 23.9 Å². The molecule has 0 heterocycles. The van der Waals surface area contributed by atoms with Crippen molar-refractivity contribution in [3.8, 4) is 0 Å². The highest BCUT2D eigenvalue weighted by atomic mass is 16.5. The highest BCUT2D eigenvalue weighted by molar-refractivity contribution is 5.80. The standard InChI is InChI=1S/C13H20N2O6/c1-6(16)14-5-10-8(13(20)21-3)4-9(12(18)19)11(10)15-7(2)17/h8-11H,4-5H2,1-3H3,(H,14,16)(H,15,17)(H,18,19)/t8-,9+,10+,11-/m1/s1. The molecule has 8 nitrogen and oxygen atoms in total. The van der Waals surface area contributed by atoms with Gasteiger partial charge in [0.1, 0.15) is 0 Å². The molecule has 0 aromatic rings. The van der Waals surface area contributed by atoms with Crippen LogP contribution < -0.4 is 10.6 Å². The monoisotopic (exact) mass is 300 g/mol. The Morgan fingerprint density at radius 2 is 1.76 bits per heavy atom. The molecule has 4 atom stereocenters. The molecule has 1 saturated carbocycles. The summed E-state index contributed by atoms with van der Waals surface area (Å²) in [5.41, 5.74) is 0. The predicted octanol–water partition coefficient (Wildman–Crippen LogP) is -0.863. The lowest BCUT2D eigenvalue weighted by Gasteiger charge is -2.25. The van der Waals surface area contributed by atoms with Gasteiger partial charge in [-0.15, -0.1) is 0 Å². The van der Waals surface area contributed by atoms with Crippen molar-refractivity contribution in [1.82, 2.24) is 10.6 Å². The van der Waals surface area contributed by atoms with E-state index in [-0.39, 0.29) is 24.8 Å². The highest BCUT2D eigenvalue weighted by Crippen LogP contribution is 2.37. The van der Waals surface area contributed by atoms with Gasteiger partial charge in [0.15, 0.2) is 0 Å². The summed E-state index contributed by atoms with van der Waals surface area (Å²) in [4.78, 5) is 45.5. The first-order valence-electron chi connectivity index (χ1n) is 6.60. The lowest BCUT2D eigenvalue weighted by Crippen LogP contribution is -2.47. The van der Waals surface area contributed by atoms with Crippen LogP contribution in [0.1, 0.15) is 20.3 Å². The topological polar surface area (TPSA) is 122 Å². The molecule has 8 heteroatoms. The molecule has 0 unspecified atom stereocenters. The minimum Gasteiger partial charge on any atom is -0.481 e. The second kappa shape index (κ2) is 7.05. The fourth-order valence-electron chi connectivity index (χ4n) is 2.79. The fourth-order valence-corrected chi connectivity index (χ4v) is 2.79. The number of esters is 1. The first-order chi connectivity index (χ1) is 9.77. The van der Waals surface area contributed by atoms with Crippen LogP contribution >= 0.6 is 0 Å². The van der Waals surface area contributed by atoms with Crippen LogP contribution in [0.4, 0.5) is 0 Å². The number of ether oxygens (including phenoxy) is 1. The number of carbonyl (C=O) groups is 4. The Balaban J connectivity index is 3.03. The molecule has 0 aromatic heterocycles. The Hall–Kier alpha value is -2.12. The van der Waals surface area contributed by atoms with Crippen molar-refractivity contribution in [2.24, 2.45) is 17.8 Å². The van der Waals surface area contributed by atoms with Gasteiger partial charge in [-0.2, -0.15) is 0 Å². The summed E-state index contributed by atoms with van der Waals surface area (Å²) in [6.45, 7) is 2.70. The molecule has 2 amide bonds. The molecule has 3 N–H and O–H groups in total. The Morgan fingerprint density at radius 1 is 1.14 bits per heavy atom. The Kier molecular flexibility index (Phi) is 5.69. The summed E-state index contributed by atoms with van der Waals surface area (Å²) < 4.78 is 4.70. The van der Waals surface area contributed by atoms with Gasteiger partial charge in [-0.25, -0.2) is 0 Å². The number of aliphatic carboxylic acids is 1. The summed E-state index contributed by atoms with van der Waals surface area (Å²) >= 11 is 0. The summed E-state index contributed by atoms with van der Waals surface area (Å²) in [6.07, 6.45) is 0.0667. The van der Waals surface area contributed by atoms with Crippen molar-refractivity contribution >= 4 is 23.8 Å². The lowest BCUT2D eigenvalue weighted by molar-refractivity contribution is -0.147. The van der Waals surface area contributed by atoms with Crippen LogP contribution in [0.25, 0.3) is 0 Å². The van der Waals surface area contributed by atoms with E-state index < -0.39 is 35.7 Å². The largest absolute Gasteiger partial charge is 0.481 e. The van der Waals surface area contributed by atoms with E-state index in [2.05, 4.69) is 10.6 Å². The molecule has 1 rings (SSSR count). The van der Waals surface area contributed by atoms with Gasteiger partial charge < -0.3 is 20.5 Å². The third-order valence-electron chi connectivity index (χ3n) is 3.70. The van der Waals surface area contributed by atoms with Crippen molar-refractivity contribution in [2.45, 2.75) is 26.3 Å². The molecule has 21 heavy (non-hydrogen) atoms. The SMILES string of the molecule is COC(=O)[C@@H]1C[C@H](C(=O)O)[C@@H](NC(C)=O)[C@H]1CNC(C)=O. The van der Waals surface area contributed by atoms with E-state index in [1.165, 1.54) is 21.0 Å². The molecule has 118 valence electrons. The van der Waals surface area contributed by atoms with Gasteiger partial charge in [0, 0.05) is 32.4 Å². The van der Waals surface area contributed by atoms with Crippen LogP contribution in [0.3, 0.4) is 0 Å². The van der Waals surface area contributed by atoms with E-state index in [4.69, 9.17) is 4.74 Å². The molecule has 1 aliphatic rings. The van der Waals surface area contributed by atoms with Crippen LogP contribution in [0.2, 0.25) is 0 Å². The zero-order valence-corrected chi connectivity index (χ0v) is 12.2. The van der Waals surface area contributed by atoms with Crippen LogP contribution in [0, 0.1) is 17.8 Å². The van der Waals surface area contributed by atoms with Gasteiger partial charge in [0.25, 0.3) is 0 Å². The average molecular weight is 300 g/mol. The predicted molar refractivity (Wildman–Crippen MR) is 71.0 cm³/mol. The normalized spacial score (nSPS) is 27.8. The third-order valence-corrected chi connectivity index (χ3v) is 3.70. The van der Waals surface area contributed by atoms with Crippen LogP contribution in [-0.4, -0.2) is 48.6 Å². The number of carboxylic acids is 1. The summed E-state index contributed by atoms with van der Waals surface area (Å²) in [7, 11) is 1.22. The Labute approximate surface area is 122 Å². The second-order valence-electron chi connectivity index (χ2n) is 5.14. The molecule has 0 aliphatic heterocycles. The van der Waals surface area contributed by atoms with E-state index in [0.29, 0.717) is 0 Å². The van der Waals surface area contributed by atoms with Gasteiger partial charge in [-0.3, -0.25) is 19.2 Å². The number of rotatable bonds is 5. The Morgan fingerprint density at radius 3 is 2.19 bits per heavy atom. The van der Waals surface area contributed by atoms with Crippen molar-refractivity contribution in [3.63, 3.8) is 0 Å². The van der Waals surface area contributed by atoms with Crippen molar-refractivity contribution in [2.75, 3.05) is 13.7 Å². The lowest BCUT2D eigenvalue weighted by atomic mass is 9.92. The zero-order valence-electron chi connectivity index (χ0n) is 12.2. The molecule has 0 spiro atoms. The second-order valence-corrected chi connectivity index (χ2v) is 5.14. The minimum absolute atomic E-state index is 0.0667. The van der Waals surface area contributed by atoms with E-state index >= 15 is 0 Å². The van der Waals surface area contributed by atoms with E-state index in [1.54, 1.807) is 0 Å². The van der Waals surface area contributed by atoms with Gasteiger partial charge in [-0.05, 0) is 6.42 Å². The molecule has 1 fully saturated rings. The first-order valence-corrected chi connectivity index (χ1v) is 6.60. The van der Waals surface area contributed by atoms with Crippen molar-refractivity contribution < 1.29 is 29.0 Å². The summed E-state index contributed by atoms with van der Waals surface area (Å²) in [5, 5.41) is 14.4. The van der Waals surface area contributed by atoms with Crippen molar-refractivity contribution in [3.05, 3.63) is 0 Å². The number of hydrogen-bond acceptors (Lipinski definition) is 5. The summed E-state index contributed by atoms with van der Waals surface area (Å²) in [5.74, 6) is -4.40. The minimum atomic E-state index is -1.09. The van der Waals surface area contributed by atoms with Gasteiger partial charge in [0.2, 0.25) is 11.8 Å². The van der Waals surface area contributed by atoms with Gasteiger partial charge in [-0.1, -0.05) is 0 Å². The summed E-state index contributed by atoms with van der Waals surface area (Å²) in [6, 6.07) is -0.726. The van der Waals surface area contributed by atoms with Crippen LogP contribution in [0.5, 0.6) is 0 Å². The molecule has 0 aromatic carbocycles. The molecule has 0 saturated heterocycles. The van der Waals surface area contributed by atoms with Crippen LogP contribution in [0.15, 0.2) is 0 Å². The average Bonchev–Trinajstić information content (AvgIpc) is 2.73. The van der Waals surface area contributed by atoms with Gasteiger partial charge >= 0.3 is 11.9 Å². The molecular weight excluding hydrogens is 280 g/mol. The first kappa shape index (κ1) is 16.9. The number of amides is 2. The molecule has 0 bridgehead atoms. The smallest absolute Gasteiger partial charge is 0.309 e. The number of methoxy groups -OCH3 is 1. The number of hydrogen-bond donors (Lipinski definition) is 3. The fraction of sp³-hybridized carbons (Fsp3) is 0.692. The maximum absolute atomic E-state index is 11.8. The van der Waals surface area contributed by atoms with Crippen molar-refractivity contribution in [1.29, 1.82) is 0 Å². The quantitative estimate of drug-likeness (QED) is 0.568. The highest BCUT2D eigenvalue weighted by Gasteiger charge is 2.50. The van der Waals surface area contributed by atoms with E-state index in [9.17, 15) is 24.3 Å². The maximum Gasteiger partial charge on any atom is 0.309 e. The van der Waals surface area contributed by atoms with Gasteiger partial charge in [0.05, 0.1) is 18.9 Å². The third kappa shape index (κ3) is 4.17. The zero-order chi connectivity index (χ0) is 16.2. The maximum atomic E-state index is 11.8. The number of carbonyl (C=O) groups excluding carboxylic acids is 3. The van der Waals surface area contributed by atoms with E-state index in [1.807, 2.05) is 0 Å². The number of nitrogens with one attached hydrogen (secondary N) is 2. The number of carboxylic acid groups (broad SMARTS) is 1.